The predicted octanol–water partition coefficient (Wildman–Crippen LogP) is 10.2. The summed E-state index contributed by atoms with van der Waals surface area (Å²) in [6.45, 7) is 21.3. The summed E-state index contributed by atoms with van der Waals surface area (Å²) >= 11 is 0. The van der Waals surface area contributed by atoms with E-state index < -0.39 is 13.7 Å². The van der Waals surface area contributed by atoms with Crippen molar-refractivity contribution in [2.75, 3.05) is 0 Å². The smallest absolute Gasteiger partial charge is 0.0991 e. The van der Waals surface area contributed by atoms with E-state index in [0.29, 0.717) is 6.42 Å². The summed E-state index contributed by atoms with van der Waals surface area (Å²) in [5.74, 6) is 0.0651. The van der Waals surface area contributed by atoms with E-state index in [4.69, 9.17) is 0 Å². The van der Waals surface area contributed by atoms with Crippen molar-refractivity contribution in [3.8, 4) is 0 Å². The Morgan fingerprint density at radius 2 is 1.30 bits per heavy atom. The van der Waals surface area contributed by atoms with Crippen molar-refractivity contribution < 1.29 is 9.50 Å². The molecule has 0 spiro atoms. The van der Waals surface area contributed by atoms with E-state index in [-0.39, 0.29) is 5.83 Å². The minimum absolute atomic E-state index is 0.0651. The molecule has 0 heterocycles. The zero-order valence-corrected chi connectivity index (χ0v) is 24.5. The van der Waals surface area contributed by atoms with Crippen LogP contribution in [0.4, 0.5) is 4.39 Å². The SMILES string of the molecule is CC(=CCCC(F)=C(C)CCC=CC[Si](C)(C)C)CCC=C(C)CCC(=C(C)C)C(C)(C)O. The van der Waals surface area contributed by atoms with Gasteiger partial charge in [0, 0.05) is 14.5 Å². The Balaban J connectivity index is 4.40. The fourth-order valence-corrected chi connectivity index (χ4v) is 4.76. The summed E-state index contributed by atoms with van der Waals surface area (Å²) in [5, 5.41) is 10.3. The van der Waals surface area contributed by atoms with E-state index in [9.17, 15) is 9.50 Å². The number of hydrogen-bond donors (Lipinski definition) is 1. The second kappa shape index (κ2) is 15.7. The molecule has 0 aliphatic heterocycles. The molecule has 0 aromatic heterocycles. The minimum Gasteiger partial charge on any atom is -0.386 e. The Labute approximate surface area is 206 Å². The summed E-state index contributed by atoms with van der Waals surface area (Å²) in [6, 6.07) is 1.20. The lowest BCUT2D eigenvalue weighted by Crippen LogP contribution is -2.23. The first-order valence-electron chi connectivity index (χ1n) is 12.8. The first-order valence-corrected chi connectivity index (χ1v) is 16.5. The monoisotopic (exact) mass is 476 g/mol. The van der Waals surface area contributed by atoms with Gasteiger partial charge in [0.25, 0.3) is 0 Å². The molecule has 0 aliphatic carbocycles. The third-order valence-electron chi connectivity index (χ3n) is 6.05. The summed E-state index contributed by atoms with van der Waals surface area (Å²) < 4.78 is 14.4. The molecule has 0 aliphatic rings. The number of hydrogen-bond acceptors (Lipinski definition) is 1. The first kappa shape index (κ1) is 31.8. The topological polar surface area (TPSA) is 20.2 Å². The van der Waals surface area contributed by atoms with Crippen LogP contribution in [-0.2, 0) is 0 Å². The van der Waals surface area contributed by atoms with Gasteiger partial charge in [-0.15, -0.1) is 0 Å². The number of rotatable bonds is 15. The van der Waals surface area contributed by atoms with E-state index in [2.05, 4.69) is 71.6 Å². The molecule has 0 aromatic carbocycles. The van der Waals surface area contributed by atoms with Crippen LogP contribution >= 0.6 is 0 Å². The van der Waals surface area contributed by atoms with E-state index in [1.807, 2.05) is 20.8 Å². The highest BCUT2D eigenvalue weighted by Gasteiger charge is 2.19. The van der Waals surface area contributed by atoms with Gasteiger partial charge in [0.2, 0.25) is 0 Å². The normalized spacial score (nSPS) is 14.7. The molecule has 0 radical (unpaired) electrons. The van der Waals surface area contributed by atoms with Crippen LogP contribution in [0.15, 0.2) is 58.0 Å². The molecular weight excluding hydrogens is 423 g/mol. The van der Waals surface area contributed by atoms with Crippen LogP contribution in [0.1, 0.15) is 99.8 Å². The standard InChI is InChI=1S/C30H53FOSi/c1-24(2)28(30(6,7)32)22-21-26(4)17-14-16-25(3)18-15-20-29(31)27(5)19-12-11-13-23-33(8,9)10/h11,13,17-18,32H,12,14-16,19-23H2,1-10H3. The average Bonchev–Trinajstić information content (AvgIpc) is 2.65. The molecule has 3 heteroatoms. The third kappa shape index (κ3) is 17.0. The van der Waals surface area contributed by atoms with Gasteiger partial charge < -0.3 is 5.11 Å². The predicted molar refractivity (Wildman–Crippen MR) is 150 cm³/mol. The van der Waals surface area contributed by atoms with Crippen molar-refractivity contribution in [2.24, 2.45) is 0 Å². The largest absolute Gasteiger partial charge is 0.386 e. The highest BCUT2D eigenvalue weighted by molar-refractivity contribution is 6.76. The van der Waals surface area contributed by atoms with Gasteiger partial charge in [-0.2, -0.15) is 0 Å². The van der Waals surface area contributed by atoms with Crippen molar-refractivity contribution in [1.82, 2.24) is 0 Å². The van der Waals surface area contributed by atoms with Crippen molar-refractivity contribution >= 4 is 8.07 Å². The molecule has 33 heavy (non-hydrogen) atoms. The van der Waals surface area contributed by atoms with Gasteiger partial charge in [0.15, 0.2) is 0 Å². The maximum absolute atomic E-state index is 14.4. The second-order valence-corrected chi connectivity index (χ2v) is 17.2. The van der Waals surface area contributed by atoms with Crippen LogP contribution in [0.5, 0.6) is 0 Å². The number of halogens is 1. The number of allylic oxidation sites excluding steroid dienone is 9. The quantitative estimate of drug-likeness (QED) is 0.184. The molecular formula is C30H53FOSi. The van der Waals surface area contributed by atoms with Crippen LogP contribution in [0.2, 0.25) is 25.7 Å². The van der Waals surface area contributed by atoms with Crippen LogP contribution in [0.3, 0.4) is 0 Å². The maximum atomic E-state index is 14.4. The summed E-state index contributed by atoms with van der Waals surface area (Å²) in [5.41, 5.74) is 5.21. The second-order valence-electron chi connectivity index (χ2n) is 11.7. The third-order valence-corrected chi connectivity index (χ3v) is 7.51. The van der Waals surface area contributed by atoms with E-state index in [1.165, 1.54) is 22.8 Å². The fourth-order valence-electron chi connectivity index (χ4n) is 3.89. The van der Waals surface area contributed by atoms with Gasteiger partial charge in [-0.3, -0.25) is 0 Å². The minimum atomic E-state index is -1.01. The van der Waals surface area contributed by atoms with Gasteiger partial charge in [-0.1, -0.05) is 60.7 Å². The molecule has 0 fully saturated rings. The highest BCUT2D eigenvalue weighted by Crippen LogP contribution is 2.26. The molecule has 0 saturated heterocycles. The zero-order valence-electron chi connectivity index (χ0n) is 23.5. The Morgan fingerprint density at radius 1 is 0.758 bits per heavy atom. The Kier molecular flexibility index (Phi) is 15.1. The number of aliphatic hydroxyl groups is 1. The molecule has 1 nitrogen and oxygen atoms in total. The van der Waals surface area contributed by atoms with Crippen molar-refractivity contribution in [2.45, 2.75) is 131 Å². The fraction of sp³-hybridized carbons (Fsp3) is 0.667. The van der Waals surface area contributed by atoms with E-state index >= 15 is 0 Å². The van der Waals surface area contributed by atoms with E-state index in [0.717, 1.165) is 56.1 Å². The lowest BCUT2D eigenvalue weighted by atomic mass is 9.89. The van der Waals surface area contributed by atoms with Gasteiger partial charge in [-0.25, -0.2) is 4.39 Å². The van der Waals surface area contributed by atoms with Gasteiger partial charge in [-0.05, 0) is 111 Å². The van der Waals surface area contributed by atoms with Gasteiger partial charge in [0.1, 0.15) is 0 Å². The van der Waals surface area contributed by atoms with Crippen molar-refractivity contribution in [3.63, 3.8) is 0 Å². The zero-order chi connectivity index (χ0) is 25.7. The maximum Gasteiger partial charge on any atom is 0.0991 e. The van der Waals surface area contributed by atoms with Crippen LogP contribution in [0, 0.1) is 0 Å². The van der Waals surface area contributed by atoms with Gasteiger partial charge >= 0.3 is 0 Å². The average molecular weight is 477 g/mol. The molecule has 0 saturated carbocycles. The van der Waals surface area contributed by atoms with Crippen LogP contribution < -0.4 is 0 Å². The van der Waals surface area contributed by atoms with Gasteiger partial charge in [0.05, 0.1) is 11.4 Å². The molecule has 190 valence electrons. The Bertz CT molecular complexity index is 732. The van der Waals surface area contributed by atoms with Crippen molar-refractivity contribution in [1.29, 1.82) is 0 Å². The summed E-state index contributed by atoms with van der Waals surface area (Å²) in [4.78, 5) is 0. The van der Waals surface area contributed by atoms with Crippen LogP contribution in [0.25, 0.3) is 0 Å². The highest BCUT2D eigenvalue weighted by atomic mass is 28.3. The molecule has 0 atom stereocenters. The lowest BCUT2D eigenvalue weighted by Gasteiger charge is -2.24. The molecule has 0 unspecified atom stereocenters. The first-order chi connectivity index (χ1) is 15.1. The Hall–Kier alpha value is -1.19. The Morgan fingerprint density at radius 3 is 1.82 bits per heavy atom. The molecule has 0 aromatic rings. The van der Waals surface area contributed by atoms with Crippen LogP contribution in [-0.4, -0.2) is 18.8 Å². The van der Waals surface area contributed by atoms with Crippen molar-refractivity contribution in [3.05, 3.63) is 58.0 Å². The lowest BCUT2D eigenvalue weighted by molar-refractivity contribution is 0.114. The molecule has 0 rings (SSSR count). The summed E-state index contributed by atoms with van der Waals surface area (Å²) in [6.07, 6.45) is 16.0. The molecule has 0 amide bonds. The van der Waals surface area contributed by atoms with E-state index in [1.54, 1.807) is 0 Å². The summed E-state index contributed by atoms with van der Waals surface area (Å²) in [7, 11) is -1.01. The molecule has 0 bridgehead atoms. The molecule has 1 N–H and O–H groups in total.